The molecular weight excluding hydrogens is 355 g/mol. The molecule has 138 valence electrons. The van der Waals surface area contributed by atoms with Crippen molar-refractivity contribution in [3.8, 4) is 11.4 Å². The molecule has 8 heteroatoms. The van der Waals surface area contributed by atoms with Crippen molar-refractivity contribution in [2.75, 3.05) is 12.4 Å². The number of thioether (sulfide) groups is 1. The zero-order valence-corrected chi connectivity index (χ0v) is 15.2. The van der Waals surface area contributed by atoms with Gasteiger partial charge >= 0.3 is 0 Å². The molecule has 1 saturated heterocycles. The van der Waals surface area contributed by atoms with E-state index in [1.165, 1.54) is 23.9 Å². The predicted molar refractivity (Wildman–Crippen MR) is 96.3 cm³/mol. The van der Waals surface area contributed by atoms with Gasteiger partial charge in [0.05, 0.1) is 18.4 Å². The molecule has 26 heavy (non-hydrogen) atoms. The highest BCUT2D eigenvalue weighted by molar-refractivity contribution is 7.99. The third-order valence-corrected chi connectivity index (χ3v) is 5.47. The van der Waals surface area contributed by atoms with Crippen molar-refractivity contribution in [3.63, 3.8) is 0 Å². The molecule has 1 aromatic carbocycles. The number of hydrogen-bond acceptors (Lipinski definition) is 5. The van der Waals surface area contributed by atoms with E-state index < -0.39 is 0 Å². The van der Waals surface area contributed by atoms with Crippen LogP contribution in [0.4, 0.5) is 4.39 Å². The van der Waals surface area contributed by atoms with Crippen molar-refractivity contribution >= 4 is 17.7 Å². The first kappa shape index (κ1) is 17.5. The number of nitrogens with zero attached hydrogens (tertiary/aromatic N) is 3. The van der Waals surface area contributed by atoms with Crippen molar-refractivity contribution < 1.29 is 13.9 Å². The van der Waals surface area contributed by atoms with Crippen LogP contribution in [-0.4, -0.2) is 45.2 Å². The van der Waals surface area contributed by atoms with Crippen LogP contribution < -0.4 is 5.32 Å². The second kappa shape index (κ2) is 7.75. The minimum Gasteiger partial charge on any atom is -0.376 e. The summed E-state index contributed by atoms with van der Waals surface area (Å²) in [6, 6.07) is 6.56. The Morgan fingerprint density at radius 1 is 1.27 bits per heavy atom. The van der Waals surface area contributed by atoms with E-state index in [9.17, 15) is 9.18 Å². The number of carbonyl (C=O) groups excluding carboxylic acids is 1. The topological polar surface area (TPSA) is 69.0 Å². The third-order valence-electron chi connectivity index (χ3n) is 4.50. The lowest BCUT2D eigenvalue weighted by molar-refractivity contribution is -0.118. The van der Waals surface area contributed by atoms with Crippen LogP contribution in [0.2, 0.25) is 0 Å². The summed E-state index contributed by atoms with van der Waals surface area (Å²) in [6.07, 6.45) is 4.30. The summed E-state index contributed by atoms with van der Waals surface area (Å²) in [7, 11) is 0. The Hall–Kier alpha value is -1.93. The summed E-state index contributed by atoms with van der Waals surface area (Å²) in [5, 5.41) is 12.2. The minimum absolute atomic E-state index is 0.0208. The third kappa shape index (κ3) is 4.24. The highest BCUT2D eigenvalue weighted by Crippen LogP contribution is 2.27. The molecule has 1 atom stereocenters. The van der Waals surface area contributed by atoms with Crippen molar-refractivity contribution in [1.29, 1.82) is 0 Å². The van der Waals surface area contributed by atoms with E-state index in [2.05, 4.69) is 15.5 Å². The van der Waals surface area contributed by atoms with E-state index in [0.29, 0.717) is 29.3 Å². The van der Waals surface area contributed by atoms with Crippen LogP contribution in [0.3, 0.4) is 0 Å². The lowest BCUT2D eigenvalue weighted by atomic mass is 10.2. The monoisotopic (exact) mass is 376 g/mol. The fourth-order valence-corrected chi connectivity index (χ4v) is 3.75. The summed E-state index contributed by atoms with van der Waals surface area (Å²) in [5.74, 6) is 0.715. The summed E-state index contributed by atoms with van der Waals surface area (Å²) in [6.45, 7) is 1.40. The first-order valence-corrected chi connectivity index (χ1v) is 9.90. The van der Waals surface area contributed by atoms with Gasteiger partial charge in [-0.3, -0.25) is 9.36 Å². The van der Waals surface area contributed by atoms with Crippen LogP contribution >= 0.6 is 11.8 Å². The minimum atomic E-state index is -0.287. The number of hydrogen-bond donors (Lipinski definition) is 1. The van der Waals surface area contributed by atoms with Gasteiger partial charge in [0.1, 0.15) is 5.82 Å². The quantitative estimate of drug-likeness (QED) is 0.753. The Bertz CT molecular complexity index is 770. The molecule has 0 radical (unpaired) electrons. The number of aromatic nitrogens is 3. The molecule has 2 fully saturated rings. The molecule has 4 rings (SSSR count). The number of ether oxygens (including phenoxy) is 1. The molecule has 1 aromatic heterocycles. The summed E-state index contributed by atoms with van der Waals surface area (Å²) in [5.41, 5.74) is 0.797. The summed E-state index contributed by atoms with van der Waals surface area (Å²) < 4.78 is 21.0. The molecule has 0 bridgehead atoms. The normalized spacial score (nSPS) is 19.7. The zero-order valence-electron chi connectivity index (χ0n) is 14.4. The maximum absolute atomic E-state index is 13.2. The van der Waals surface area contributed by atoms with Gasteiger partial charge in [0.25, 0.3) is 0 Å². The molecule has 2 aliphatic rings. The number of carbonyl (C=O) groups is 1. The smallest absolute Gasteiger partial charge is 0.230 e. The Labute approximate surface area is 155 Å². The lowest BCUT2D eigenvalue weighted by Crippen LogP contribution is -2.27. The van der Waals surface area contributed by atoms with E-state index >= 15 is 0 Å². The largest absolute Gasteiger partial charge is 0.376 e. The van der Waals surface area contributed by atoms with Gasteiger partial charge < -0.3 is 10.1 Å². The van der Waals surface area contributed by atoms with E-state index in [0.717, 1.165) is 37.9 Å². The Morgan fingerprint density at radius 2 is 2.08 bits per heavy atom. The van der Waals surface area contributed by atoms with Gasteiger partial charge in [-0.2, -0.15) is 0 Å². The fraction of sp³-hybridized carbons (Fsp3) is 0.500. The van der Waals surface area contributed by atoms with Crippen LogP contribution in [0.5, 0.6) is 0 Å². The van der Waals surface area contributed by atoms with Crippen molar-refractivity contribution in [3.05, 3.63) is 30.1 Å². The van der Waals surface area contributed by atoms with Crippen molar-refractivity contribution in [2.45, 2.75) is 49.5 Å². The van der Waals surface area contributed by atoms with Gasteiger partial charge in [0.2, 0.25) is 5.91 Å². The second-order valence-electron chi connectivity index (χ2n) is 6.69. The van der Waals surface area contributed by atoms with Crippen LogP contribution in [0.1, 0.15) is 25.7 Å². The molecule has 0 unspecified atom stereocenters. The highest BCUT2D eigenvalue weighted by atomic mass is 32.2. The maximum atomic E-state index is 13.2. The zero-order chi connectivity index (χ0) is 17.9. The van der Waals surface area contributed by atoms with Gasteiger partial charge in [0.15, 0.2) is 11.0 Å². The molecule has 1 aliphatic heterocycles. The summed E-state index contributed by atoms with van der Waals surface area (Å²) in [4.78, 5) is 12.0. The Kier molecular flexibility index (Phi) is 5.21. The number of rotatable bonds is 7. The van der Waals surface area contributed by atoms with E-state index in [1.54, 1.807) is 12.1 Å². The van der Waals surface area contributed by atoms with Crippen LogP contribution in [0.15, 0.2) is 29.4 Å². The maximum Gasteiger partial charge on any atom is 0.230 e. The molecule has 1 amide bonds. The molecule has 6 nitrogen and oxygen atoms in total. The molecule has 1 aliphatic carbocycles. The van der Waals surface area contributed by atoms with Crippen LogP contribution in [0, 0.1) is 5.82 Å². The van der Waals surface area contributed by atoms with Crippen molar-refractivity contribution in [1.82, 2.24) is 20.1 Å². The molecular formula is C18H21FN4O2S. The van der Waals surface area contributed by atoms with Gasteiger partial charge in [-0.1, -0.05) is 11.8 Å². The van der Waals surface area contributed by atoms with Gasteiger partial charge in [-0.15, -0.1) is 10.2 Å². The van der Waals surface area contributed by atoms with Crippen LogP contribution in [-0.2, 0) is 16.1 Å². The SMILES string of the molecule is O=C(CSc1nnc(-c2ccc(F)cc2)n1C[C@H]1CCCO1)NC1CC1. The molecule has 2 aromatic rings. The molecule has 2 heterocycles. The number of amides is 1. The number of benzene rings is 1. The van der Waals surface area contributed by atoms with E-state index in [-0.39, 0.29) is 17.8 Å². The van der Waals surface area contributed by atoms with Crippen molar-refractivity contribution in [2.24, 2.45) is 0 Å². The Morgan fingerprint density at radius 3 is 2.77 bits per heavy atom. The number of halogens is 1. The molecule has 1 N–H and O–H groups in total. The first-order valence-electron chi connectivity index (χ1n) is 8.92. The number of nitrogens with one attached hydrogen (secondary N) is 1. The summed E-state index contributed by atoms with van der Waals surface area (Å²) >= 11 is 1.37. The standard InChI is InChI=1S/C18H21FN4O2S/c19-13-5-3-12(4-6-13)17-21-22-18(23(17)10-15-2-1-9-25-15)26-11-16(24)20-14-7-8-14/h3-6,14-15H,1-2,7-11H2,(H,20,24)/t15-/m1/s1. The molecule has 0 spiro atoms. The van der Waals surface area contributed by atoms with Crippen LogP contribution in [0.25, 0.3) is 11.4 Å². The predicted octanol–water partition coefficient (Wildman–Crippen LogP) is 2.63. The van der Waals surface area contributed by atoms with E-state index in [4.69, 9.17) is 4.74 Å². The van der Waals surface area contributed by atoms with E-state index in [1.807, 2.05) is 4.57 Å². The average molecular weight is 376 g/mol. The second-order valence-corrected chi connectivity index (χ2v) is 7.63. The van der Waals surface area contributed by atoms with Gasteiger partial charge in [-0.25, -0.2) is 4.39 Å². The first-order chi connectivity index (χ1) is 12.7. The Balaban J connectivity index is 1.53. The fourth-order valence-electron chi connectivity index (χ4n) is 2.99. The highest BCUT2D eigenvalue weighted by Gasteiger charge is 2.25. The lowest BCUT2D eigenvalue weighted by Gasteiger charge is -2.14. The average Bonchev–Trinajstić information content (AvgIpc) is 3.14. The van der Waals surface area contributed by atoms with Gasteiger partial charge in [-0.05, 0) is 49.9 Å². The van der Waals surface area contributed by atoms with Gasteiger partial charge in [0, 0.05) is 18.2 Å². The molecule has 1 saturated carbocycles.